The third-order valence-corrected chi connectivity index (χ3v) is 6.87. The van der Waals surface area contributed by atoms with Gasteiger partial charge in [-0.2, -0.15) is 0 Å². The number of benzene rings is 1. The van der Waals surface area contributed by atoms with Crippen molar-refractivity contribution >= 4 is 28.3 Å². The Kier molecular flexibility index (Phi) is 5.35. The van der Waals surface area contributed by atoms with E-state index in [-0.39, 0.29) is 17.2 Å². The van der Waals surface area contributed by atoms with Gasteiger partial charge in [0.1, 0.15) is 5.69 Å². The maximum absolute atomic E-state index is 12.7. The molecule has 1 aromatic heterocycles. The van der Waals surface area contributed by atoms with Crippen LogP contribution < -0.4 is 5.32 Å². The lowest BCUT2D eigenvalue weighted by molar-refractivity contribution is -0.139. The van der Waals surface area contributed by atoms with Crippen LogP contribution in [0.3, 0.4) is 0 Å². The zero-order valence-electron chi connectivity index (χ0n) is 16.2. The van der Waals surface area contributed by atoms with Crippen molar-refractivity contribution in [1.29, 1.82) is 0 Å². The fraction of sp³-hybridized carbons (Fsp3) is 0.476. The molecule has 0 unspecified atom stereocenters. The minimum atomic E-state index is 0.0145. The Morgan fingerprint density at radius 1 is 1.21 bits per heavy atom. The summed E-state index contributed by atoms with van der Waals surface area (Å²) in [7, 11) is 1.81. The number of aromatic nitrogens is 1. The van der Waals surface area contributed by atoms with Crippen LogP contribution in [0.25, 0.3) is 0 Å². The summed E-state index contributed by atoms with van der Waals surface area (Å²) in [5.41, 5.74) is 1.83. The second-order valence-electron chi connectivity index (χ2n) is 7.82. The molecule has 148 valence electrons. The predicted octanol–water partition coefficient (Wildman–Crippen LogP) is 3.23. The molecule has 28 heavy (non-hydrogen) atoms. The zero-order chi connectivity index (χ0) is 19.6. The van der Waals surface area contributed by atoms with Crippen LogP contribution >= 0.6 is 11.3 Å². The van der Waals surface area contributed by atoms with E-state index in [0.717, 1.165) is 44.0 Å². The number of likely N-dealkylation sites (tertiary alicyclic amines) is 2. The maximum atomic E-state index is 12.7. The molecular formula is C21H26N4O2S. The number of hydrogen-bond acceptors (Lipinski definition) is 5. The number of nitrogens with one attached hydrogen (secondary N) is 1. The molecule has 0 saturated carbocycles. The van der Waals surface area contributed by atoms with Crippen molar-refractivity contribution < 1.29 is 9.59 Å². The van der Waals surface area contributed by atoms with Crippen LogP contribution in [0.5, 0.6) is 0 Å². The Morgan fingerprint density at radius 2 is 1.96 bits per heavy atom. The number of anilines is 1. The maximum Gasteiger partial charge on any atom is 0.273 e. The van der Waals surface area contributed by atoms with Crippen LogP contribution in [-0.4, -0.2) is 53.3 Å². The van der Waals surface area contributed by atoms with E-state index in [1.807, 2.05) is 40.4 Å². The summed E-state index contributed by atoms with van der Waals surface area (Å²) < 4.78 is 0. The molecule has 0 aliphatic carbocycles. The molecular weight excluding hydrogens is 372 g/mol. The van der Waals surface area contributed by atoms with E-state index in [1.54, 1.807) is 0 Å². The van der Waals surface area contributed by atoms with Crippen molar-refractivity contribution in [2.75, 3.05) is 32.0 Å². The lowest BCUT2D eigenvalue weighted by Gasteiger charge is -2.47. The fourth-order valence-corrected chi connectivity index (χ4v) is 4.94. The molecule has 3 heterocycles. The second kappa shape index (κ2) is 7.91. The van der Waals surface area contributed by atoms with E-state index in [9.17, 15) is 9.59 Å². The van der Waals surface area contributed by atoms with Gasteiger partial charge in [-0.25, -0.2) is 4.98 Å². The molecule has 6 nitrogen and oxygen atoms in total. The summed E-state index contributed by atoms with van der Waals surface area (Å²) in [5.74, 6) is 0.260. The average Bonchev–Trinajstić information content (AvgIpc) is 3.21. The Hall–Kier alpha value is -2.41. The minimum Gasteiger partial charge on any atom is -0.365 e. The summed E-state index contributed by atoms with van der Waals surface area (Å²) >= 11 is 1.45. The van der Waals surface area contributed by atoms with Crippen LogP contribution in [-0.2, 0) is 11.3 Å². The first-order valence-electron chi connectivity index (χ1n) is 9.83. The standard InChI is InChI=1S/C21H26N4O2S/c1-22-20-23-17(14-28-20)19(27)24-11-9-21(10-12-24)8-7-18(26)25(15-21)13-16-5-3-2-4-6-16/h2-6,14H,7-13,15H2,1H3,(H,22,23). The Morgan fingerprint density at radius 3 is 2.64 bits per heavy atom. The zero-order valence-corrected chi connectivity index (χ0v) is 17.0. The van der Waals surface area contributed by atoms with Crippen molar-refractivity contribution in [2.24, 2.45) is 5.41 Å². The number of amides is 2. The summed E-state index contributed by atoms with van der Waals surface area (Å²) in [6, 6.07) is 10.2. The molecule has 7 heteroatoms. The number of hydrogen-bond donors (Lipinski definition) is 1. The first-order valence-corrected chi connectivity index (χ1v) is 10.7. The molecule has 2 aliphatic heterocycles. The molecule has 0 atom stereocenters. The number of nitrogens with zero attached hydrogens (tertiary/aromatic N) is 3. The van der Waals surface area contributed by atoms with E-state index in [0.29, 0.717) is 18.7 Å². The fourth-order valence-electron chi connectivity index (χ4n) is 4.29. The highest BCUT2D eigenvalue weighted by Crippen LogP contribution is 2.41. The Labute approximate surface area is 169 Å². The van der Waals surface area contributed by atoms with E-state index in [4.69, 9.17) is 0 Å². The summed E-state index contributed by atoms with van der Waals surface area (Å²) in [6.45, 7) is 2.94. The molecule has 1 N–H and O–H groups in total. The van der Waals surface area contributed by atoms with Crippen molar-refractivity contribution in [1.82, 2.24) is 14.8 Å². The van der Waals surface area contributed by atoms with Gasteiger partial charge in [0, 0.05) is 45.0 Å². The monoisotopic (exact) mass is 398 g/mol. The summed E-state index contributed by atoms with van der Waals surface area (Å²) in [5, 5.41) is 5.56. The van der Waals surface area contributed by atoms with Crippen molar-refractivity contribution in [3.05, 3.63) is 47.0 Å². The van der Waals surface area contributed by atoms with Gasteiger partial charge < -0.3 is 15.1 Å². The molecule has 1 spiro atoms. The molecule has 2 aromatic rings. The topological polar surface area (TPSA) is 65.5 Å². The van der Waals surface area contributed by atoms with Crippen LogP contribution in [0.15, 0.2) is 35.7 Å². The van der Waals surface area contributed by atoms with Gasteiger partial charge in [0.05, 0.1) is 0 Å². The number of carbonyl (C=O) groups excluding carboxylic acids is 2. The highest BCUT2D eigenvalue weighted by molar-refractivity contribution is 7.13. The number of piperidine rings is 2. The van der Waals surface area contributed by atoms with E-state index in [2.05, 4.69) is 22.4 Å². The van der Waals surface area contributed by atoms with Gasteiger partial charge in [0.15, 0.2) is 5.13 Å². The summed E-state index contributed by atoms with van der Waals surface area (Å²) in [4.78, 5) is 33.5. The van der Waals surface area contributed by atoms with Crippen molar-refractivity contribution in [3.8, 4) is 0 Å². The molecule has 1 aromatic carbocycles. The highest BCUT2D eigenvalue weighted by atomic mass is 32.1. The van der Waals surface area contributed by atoms with E-state index < -0.39 is 0 Å². The lowest BCUT2D eigenvalue weighted by Crippen LogP contribution is -2.52. The van der Waals surface area contributed by atoms with Crippen LogP contribution in [0, 0.1) is 5.41 Å². The second-order valence-corrected chi connectivity index (χ2v) is 8.67. The molecule has 2 saturated heterocycles. The Balaban J connectivity index is 1.38. The molecule has 2 fully saturated rings. The first-order chi connectivity index (χ1) is 13.6. The smallest absolute Gasteiger partial charge is 0.273 e. The van der Waals surface area contributed by atoms with Crippen molar-refractivity contribution in [3.63, 3.8) is 0 Å². The van der Waals surface area contributed by atoms with E-state index >= 15 is 0 Å². The largest absolute Gasteiger partial charge is 0.365 e. The summed E-state index contributed by atoms with van der Waals surface area (Å²) in [6.07, 6.45) is 3.43. The van der Waals surface area contributed by atoms with Crippen LogP contribution in [0.4, 0.5) is 5.13 Å². The third kappa shape index (κ3) is 3.90. The minimum absolute atomic E-state index is 0.0145. The SMILES string of the molecule is CNc1nc(C(=O)N2CCC3(CCC(=O)N(Cc4ccccc4)C3)CC2)cs1. The molecule has 4 rings (SSSR count). The number of carbonyl (C=O) groups is 2. The molecule has 2 aliphatic rings. The molecule has 2 amide bonds. The van der Waals surface area contributed by atoms with Crippen LogP contribution in [0.1, 0.15) is 41.7 Å². The van der Waals surface area contributed by atoms with Gasteiger partial charge in [0.25, 0.3) is 5.91 Å². The van der Waals surface area contributed by atoms with Gasteiger partial charge >= 0.3 is 0 Å². The average molecular weight is 399 g/mol. The predicted molar refractivity (Wildman–Crippen MR) is 110 cm³/mol. The van der Waals surface area contributed by atoms with Gasteiger partial charge in [-0.15, -0.1) is 11.3 Å². The van der Waals surface area contributed by atoms with Crippen LogP contribution in [0.2, 0.25) is 0 Å². The third-order valence-electron chi connectivity index (χ3n) is 6.01. The highest BCUT2D eigenvalue weighted by Gasteiger charge is 2.41. The van der Waals surface area contributed by atoms with Gasteiger partial charge in [-0.3, -0.25) is 9.59 Å². The van der Waals surface area contributed by atoms with Crippen molar-refractivity contribution in [2.45, 2.75) is 32.2 Å². The lowest BCUT2D eigenvalue weighted by atomic mass is 9.72. The van der Waals surface area contributed by atoms with Gasteiger partial charge in [-0.05, 0) is 30.2 Å². The van der Waals surface area contributed by atoms with Gasteiger partial charge in [-0.1, -0.05) is 30.3 Å². The normalized spacial score (nSPS) is 19.1. The van der Waals surface area contributed by atoms with Gasteiger partial charge in [0.2, 0.25) is 5.91 Å². The molecule has 0 radical (unpaired) electrons. The number of rotatable bonds is 4. The Bertz CT molecular complexity index is 843. The molecule has 0 bridgehead atoms. The quantitative estimate of drug-likeness (QED) is 0.859. The number of thiazole rings is 1. The van der Waals surface area contributed by atoms with E-state index in [1.165, 1.54) is 16.9 Å². The first kappa shape index (κ1) is 18.9.